The number of hydrogen-bond donors (Lipinski definition) is 1. The van der Waals surface area contributed by atoms with Crippen molar-refractivity contribution in [1.29, 1.82) is 0 Å². The third-order valence-electron chi connectivity index (χ3n) is 3.28. The van der Waals surface area contributed by atoms with E-state index < -0.39 is 6.04 Å². The standard InChI is InChI=1S/C16H25NO2/c1-4-19-13(3)16(17)15(18)11-12(2)10-14-8-6-5-7-9-14/h5-9,12-13,16H,4,10-11,17H2,1-3H3. The van der Waals surface area contributed by atoms with Crippen LogP contribution < -0.4 is 5.73 Å². The lowest BCUT2D eigenvalue weighted by Crippen LogP contribution is -2.42. The smallest absolute Gasteiger partial charge is 0.152 e. The van der Waals surface area contributed by atoms with Gasteiger partial charge in [0.25, 0.3) is 0 Å². The zero-order chi connectivity index (χ0) is 14.3. The Balaban J connectivity index is 2.43. The average molecular weight is 263 g/mol. The maximum absolute atomic E-state index is 12.1. The third-order valence-corrected chi connectivity index (χ3v) is 3.28. The summed E-state index contributed by atoms with van der Waals surface area (Å²) < 4.78 is 5.38. The van der Waals surface area contributed by atoms with Crippen LogP contribution in [-0.4, -0.2) is 24.5 Å². The van der Waals surface area contributed by atoms with Crippen molar-refractivity contribution in [2.45, 2.75) is 45.8 Å². The van der Waals surface area contributed by atoms with Gasteiger partial charge < -0.3 is 10.5 Å². The summed E-state index contributed by atoms with van der Waals surface area (Å²) in [6.07, 6.45) is 1.21. The van der Waals surface area contributed by atoms with Gasteiger partial charge in [-0.15, -0.1) is 0 Å². The molecule has 3 unspecified atom stereocenters. The molecule has 0 amide bonds. The van der Waals surface area contributed by atoms with Crippen molar-refractivity contribution in [3.05, 3.63) is 35.9 Å². The Morgan fingerprint density at radius 1 is 1.26 bits per heavy atom. The maximum atomic E-state index is 12.1. The molecule has 3 heteroatoms. The number of carbonyl (C=O) groups excluding carboxylic acids is 1. The van der Waals surface area contributed by atoms with Crippen LogP contribution in [0.4, 0.5) is 0 Å². The number of ketones is 1. The van der Waals surface area contributed by atoms with Gasteiger partial charge in [-0.05, 0) is 31.7 Å². The Morgan fingerprint density at radius 2 is 1.89 bits per heavy atom. The van der Waals surface area contributed by atoms with Crippen molar-refractivity contribution in [1.82, 2.24) is 0 Å². The molecule has 0 aliphatic carbocycles. The second-order valence-electron chi connectivity index (χ2n) is 5.15. The average Bonchev–Trinajstić information content (AvgIpc) is 2.39. The fourth-order valence-corrected chi connectivity index (χ4v) is 2.20. The van der Waals surface area contributed by atoms with Gasteiger partial charge in [-0.3, -0.25) is 4.79 Å². The summed E-state index contributed by atoms with van der Waals surface area (Å²) in [5.74, 6) is 0.388. The van der Waals surface area contributed by atoms with Crippen LogP contribution in [0.2, 0.25) is 0 Å². The Morgan fingerprint density at radius 3 is 2.47 bits per heavy atom. The molecule has 0 spiro atoms. The highest BCUT2D eigenvalue weighted by atomic mass is 16.5. The van der Waals surface area contributed by atoms with Gasteiger partial charge in [-0.25, -0.2) is 0 Å². The van der Waals surface area contributed by atoms with Crippen LogP contribution in [-0.2, 0) is 16.0 Å². The predicted octanol–water partition coefficient (Wildman–Crippen LogP) is 2.58. The second kappa shape index (κ2) is 8.08. The van der Waals surface area contributed by atoms with Crippen molar-refractivity contribution >= 4 is 5.78 Å². The van der Waals surface area contributed by atoms with Gasteiger partial charge in [-0.2, -0.15) is 0 Å². The van der Waals surface area contributed by atoms with Gasteiger partial charge in [0.15, 0.2) is 5.78 Å². The highest BCUT2D eigenvalue weighted by Crippen LogP contribution is 2.13. The molecule has 106 valence electrons. The lowest BCUT2D eigenvalue weighted by molar-refractivity contribution is -0.124. The van der Waals surface area contributed by atoms with Crippen LogP contribution in [0.1, 0.15) is 32.8 Å². The van der Waals surface area contributed by atoms with Crippen LogP contribution in [0.3, 0.4) is 0 Å². The minimum Gasteiger partial charge on any atom is -0.377 e. The van der Waals surface area contributed by atoms with Crippen molar-refractivity contribution < 1.29 is 9.53 Å². The molecule has 1 rings (SSSR count). The summed E-state index contributed by atoms with van der Waals surface area (Å²) >= 11 is 0. The van der Waals surface area contributed by atoms with Gasteiger partial charge in [0.1, 0.15) is 0 Å². The van der Waals surface area contributed by atoms with E-state index in [0.29, 0.717) is 18.9 Å². The van der Waals surface area contributed by atoms with E-state index in [9.17, 15) is 4.79 Å². The summed E-state index contributed by atoms with van der Waals surface area (Å²) in [5.41, 5.74) is 7.17. The Kier molecular flexibility index (Phi) is 6.74. The summed E-state index contributed by atoms with van der Waals surface area (Å²) in [4.78, 5) is 12.1. The van der Waals surface area contributed by atoms with E-state index in [1.54, 1.807) is 0 Å². The van der Waals surface area contributed by atoms with Crippen molar-refractivity contribution in [2.24, 2.45) is 11.7 Å². The summed E-state index contributed by atoms with van der Waals surface area (Å²) in [6.45, 7) is 6.43. The van der Waals surface area contributed by atoms with Gasteiger partial charge in [0, 0.05) is 13.0 Å². The molecule has 0 radical (unpaired) electrons. The summed E-state index contributed by atoms with van der Waals surface area (Å²) in [7, 11) is 0. The van der Waals surface area contributed by atoms with Crippen LogP contribution in [0.25, 0.3) is 0 Å². The fraction of sp³-hybridized carbons (Fsp3) is 0.562. The molecule has 1 aromatic carbocycles. The van der Waals surface area contributed by atoms with Gasteiger partial charge >= 0.3 is 0 Å². The molecule has 0 bridgehead atoms. The molecule has 0 heterocycles. The van der Waals surface area contributed by atoms with Crippen molar-refractivity contribution in [2.75, 3.05) is 6.61 Å². The topological polar surface area (TPSA) is 52.3 Å². The number of benzene rings is 1. The number of hydrogen-bond acceptors (Lipinski definition) is 3. The Hall–Kier alpha value is -1.19. The van der Waals surface area contributed by atoms with Crippen molar-refractivity contribution in [3.63, 3.8) is 0 Å². The quantitative estimate of drug-likeness (QED) is 0.784. The lowest BCUT2D eigenvalue weighted by atomic mass is 9.93. The van der Waals surface area contributed by atoms with E-state index in [1.165, 1.54) is 5.56 Å². The minimum absolute atomic E-state index is 0.0874. The van der Waals surface area contributed by atoms with E-state index in [2.05, 4.69) is 19.1 Å². The molecule has 0 fully saturated rings. The molecular weight excluding hydrogens is 238 g/mol. The largest absolute Gasteiger partial charge is 0.377 e. The van der Waals surface area contributed by atoms with Crippen LogP contribution in [0.5, 0.6) is 0 Å². The molecule has 3 atom stereocenters. The van der Waals surface area contributed by atoms with Gasteiger partial charge in [0.2, 0.25) is 0 Å². The number of rotatable bonds is 8. The number of ether oxygens (including phenoxy) is 1. The SMILES string of the molecule is CCOC(C)C(N)C(=O)CC(C)Cc1ccccc1. The number of Topliss-reactive ketones (excluding diaryl/α,β-unsaturated/α-hetero) is 1. The lowest BCUT2D eigenvalue weighted by Gasteiger charge is -2.20. The zero-order valence-electron chi connectivity index (χ0n) is 12.1. The first kappa shape index (κ1) is 15.9. The second-order valence-corrected chi connectivity index (χ2v) is 5.15. The number of nitrogens with two attached hydrogens (primary N) is 1. The van der Waals surface area contributed by atoms with Crippen molar-refractivity contribution in [3.8, 4) is 0 Å². The molecule has 0 saturated heterocycles. The van der Waals surface area contributed by atoms with Gasteiger partial charge in [0.05, 0.1) is 12.1 Å². The molecule has 1 aromatic rings. The molecule has 0 aromatic heterocycles. The van der Waals surface area contributed by atoms with Crippen LogP contribution in [0.15, 0.2) is 30.3 Å². The van der Waals surface area contributed by atoms with Crippen LogP contribution >= 0.6 is 0 Å². The highest BCUT2D eigenvalue weighted by molar-refractivity contribution is 5.84. The number of carbonyl (C=O) groups is 1. The highest BCUT2D eigenvalue weighted by Gasteiger charge is 2.22. The summed E-state index contributed by atoms with van der Waals surface area (Å²) in [6, 6.07) is 9.70. The first-order valence-corrected chi connectivity index (χ1v) is 6.98. The zero-order valence-corrected chi connectivity index (χ0v) is 12.1. The monoisotopic (exact) mass is 263 g/mol. The molecule has 0 saturated carbocycles. The van der Waals surface area contributed by atoms with E-state index in [1.807, 2.05) is 32.0 Å². The first-order valence-electron chi connectivity index (χ1n) is 6.98. The molecule has 0 aliphatic rings. The van der Waals surface area contributed by atoms with Crippen LogP contribution in [0, 0.1) is 5.92 Å². The first-order chi connectivity index (χ1) is 9.04. The third kappa shape index (κ3) is 5.53. The molecule has 19 heavy (non-hydrogen) atoms. The Bertz CT molecular complexity index is 378. The normalized spacial score (nSPS) is 15.8. The minimum atomic E-state index is -0.516. The molecular formula is C16H25NO2. The molecule has 3 nitrogen and oxygen atoms in total. The summed E-state index contributed by atoms with van der Waals surface area (Å²) in [5, 5.41) is 0. The van der Waals surface area contributed by atoms with Gasteiger partial charge in [-0.1, -0.05) is 37.3 Å². The predicted molar refractivity (Wildman–Crippen MR) is 78.0 cm³/mol. The maximum Gasteiger partial charge on any atom is 0.152 e. The van der Waals surface area contributed by atoms with E-state index in [4.69, 9.17) is 10.5 Å². The molecule has 2 N–H and O–H groups in total. The van der Waals surface area contributed by atoms with E-state index in [0.717, 1.165) is 6.42 Å². The fourth-order valence-electron chi connectivity index (χ4n) is 2.20. The van der Waals surface area contributed by atoms with E-state index >= 15 is 0 Å². The Labute approximate surface area is 116 Å². The molecule has 0 aliphatic heterocycles. The van der Waals surface area contributed by atoms with E-state index in [-0.39, 0.29) is 11.9 Å².